The number of hydrogen-bond acceptors (Lipinski definition) is 11. The maximum atomic E-state index is 11.5. The van der Waals surface area contributed by atoms with Crippen LogP contribution in [0.5, 0.6) is 5.75 Å². The Labute approximate surface area is 186 Å². The van der Waals surface area contributed by atoms with Gasteiger partial charge in [-0.1, -0.05) is 23.4 Å². The second-order valence-corrected chi connectivity index (χ2v) is 12.0. The molecule has 1 unspecified atom stereocenters. The molecule has 1 aromatic carbocycles. The number of aryl methyl sites for hydroxylation is 1. The highest BCUT2D eigenvalue weighted by molar-refractivity contribution is 8.02. The Morgan fingerprint density at radius 2 is 1.90 bits per heavy atom. The minimum absolute atomic E-state index is 0.0327. The Morgan fingerprint density at radius 1 is 1.20 bits per heavy atom. The number of hydrogen-bond donors (Lipinski definition) is 0. The summed E-state index contributed by atoms with van der Waals surface area (Å²) in [5.74, 6) is -1.33. The SMILES string of the molecule is Cc1csc2c1N(CS(=O)(=O)[O-])C(C=C1Oc3ccc(Cl)cc3N1CS(=O)(=O)[O-])S2. The van der Waals surface area contributed by atoms with Gasteiger partial charge in [-0.25, -0.2) is 16.8 Å². The lowest BCUT2D eigenvalue weighted by Crippen LogP contribution is -2.35. The Balaban J connectivity index is 1.75. The van der Waals surface area contributed by atoms with Gasteiger partial charge in [0.2, 0.25) is 0 Å². The summed E-state index contributed by atoms with van der Waals surface area (Å²) in [5, 5.41) is 1.51. The van der Waals surface area contributed by atoms with Crippen LogP contribution in [0, 0.1) is 6.92 Å². The molecule has 4 rings (SSSR count). The number of halogens is 1. The molecule has 0 radical (unpaired) electrons. The first-order valence-electron chi connectivity index (χ1n) is 8.26. The van der Waals surface area contributed by atoms with E-state index in [9.17, 15) is 25.9 Å². The van der Waals surface area contributed by atoms with E-state index < -0.39 is 37.4 Å². The lowest BCUT2D eigenvalue weighted by Gasteiger charge is -2.27. The van der Waals surface area contributed by atoms with E-state index in [0.717, 1.165) is 14.7 Å². The first kappa shape index (κ1) is 21.7. The summed E-state index contributed by atoms with van der Waals surface area (Å²) in [7, 11) is -9.27. The van der Waals surface area contributed by atoms with Gasteiger partial charge >= 0.3 is 0 Å². The van der Waals surface area contributed by atoms with Crippen molar-refractivity contribution in [3.05, 3.63) is 46.1 Å². The summed E-state index contributed by atoms with van der Waals surface area (Å²) in [5.41, 5.74) is 1.74. The van der Waals surface area contributed by atoms with Gasteiger partial charge in [0.05, 0.1) is 15.6 Å². The Kier molecular flexibility index (Phi) is 5.50. The summed E-state index contributed by atoms with van der Waals surface area (Å²) >= 11 is 8.70. The van der Waals surface area contributed by atoms with Gasteiger partial charge in [0, 0.05) is 11.1 Å². The van der Waals surface area contributed by atoms with E-state index >= 15 is 0 Å². The minimum Gasteiger partial charge on any atom is -0.747 e. The molecule has 2 aromatic rings. The van der Waals surface area contributed by atoms with E-state index in [1.165, 1.54) is 46.2 Å². The summed E-state index contributed by atoms with van der Waals surface area (Å²) in [6.45, 7) is 1.80. The number of ether oxygens (including phenoxy) is 1. The van der Waals surface area contributed by atoms with E-state index in [1.807, 2.05) is 5.38 Å². The van der Waals surface area contributed by atoms with Crippen molar-refractivity contribution in [1.29, 1.82) is 0 Å². The van der Waals surface area contributed by atoms with Gasteiger partial charge in [-0.15, -0.1) is 11.3 Å². The average molecular weight is 509 g/mol. The second kappa shape index (κ2) is 7.58. The highest BCUT2D eigenvalue weighted by Crippen LogP contribution is 2.51. The van der Waals surface area contributed by atoms with Crippen molar-refractivity contribution in [1.82, 2.24) is 0 Å². The van der Waals surface area contributed by atoms with Gasteiger partial charge in [-0.2, -0.15) is 0 Å². The largest absolute Gasteiger partial charge is 0.747 e. The number of anilines is 2. The van der Waals surface area contributed by atoms with Crippen LogP contribution in [0.15, 0.2) is 39.7 Å². The Morgan fingerprint density at radius 3 is 2.57 bits per heavy atom. The van der Waals surface area contributed by atoms with Crippen molar-refractivity contribution in [3.8, 4) is 5.75 Å². The van der Waals surface area contributed by atoms with Crippen LogP contribution in [0.4, 0.5) is 11.4 Å². The Bertz CT molecular complexity index is 1260. The quantitative estimate of drug-likeness (QED) is 0.555. The highest BCUT2D eigenvalue weighted by Gasteiger charge is 2.36. The fraction of sp³-hybridized carbons (Fsp3) is 0.250. The zero-order valence-electron chi connectivity index (χ0n) is 15.1. The van der Waals surface area contributed by atoms with Crippen LogP contribution in [0.1, 0.15) is 5.56 Å². The number of nitrogens with zero attached hydrogens (tertiary/aromatic N) is 2. The molecule has 0 saturated carbocycles. The van der Waals surface area contributed by atoms with Gasteiger partial charge in [-0.05, 0) is 36.1 Å². The fourth-order valence-corrected chi connectivity index (χ4v) is 7.21. The molecule has 3 heterocycles. The van der Waals surface area contributed by atoms with Crippen LogP contribution in [-0.2, 0) is 20.2 Å². The molecular weight excluding hydrogens is 496 g/mol. The van der Waals surface area contributed by atoms with E-state index in [0.29, 0.717) is 22.1 Å². The lowest BCUT2D eigenvalue weighted by molar-refractivity contribution is 0.431. The minimum atomic E-state index is -4.67. The van der Waals surface area contributed by atoms with Crippen LogP contribution in [0.25, 0.3) is 0 Å². The van der Waals surface area contributed by atoms with Gasteiger partial charge in [0.25, 0.3) is 0 Å². The zero-order valence-corrected chi connectivity index (χ0v) is 19.2. The van der Waals surface area contributed by atoms with Crippen LogP contribution in [-0.4, -0.2) is 43.1 Å². The summed E-state index contributed by atoms with van der Waals surface area (Å²) < 4.78 is 75.3. The third-order valence-corrected chi connectivity index (χ3v) is 8.19. The highest BCUT2D eigenvalue weighted by atomic mass is 35.5. The normalized spacial score (nSPS) is 19.9. The van der Waals surface area contributed by atoms with Gasteiger partial charge in [0.15, 0.2) is 11.6 Å². The summed E-state index contributed by atoms with van der Waals surface area (Å²) in [6.07, 6.45) is 1.49. The molecule has 2 aliphatic heterocycles. The van der Waals surface area contributed by atoms with Gasteiger partial charge in [0.1, 0.15) is 37.4 Å². The number of fused-ring (bicyclic) bond motifs is 2. The van der Waals surface area contributed by atoms with Crippen molar-refractivity contribution < 1.29 is 30.7 Å². The molecule has 0 saturated heterocycles. The molecule has 1 aromatic heterocycles. The molecule has 162 valence electrons. The standard InChI is InChI=1S/C16H15ClN2O7S4/c1-9-6-27-16-15(9)19(8-30(23,24)25)14(28-16)5-13-18(7-29(20,21)22)11-4-10(17)2-3-12(11)26-13/h2-6,14H,7-8H2,1H3,(H,20,21,22)(H,23,24,25)/p-2. The molecule has 14 heteroatoms. The number of benzene rings is 1. The topological polar surface area (TPSA) is 130 Å². The molecule has 0 spiro atoms. The average Bonchev–Trinajstić information content (AvgIpc) is 3.22. The summed E-state index contributed by atoms with van der Waals surface area (Å²) in [4.78, 5) is 2.58. The van der Waals surface area contributed by atoms with E-state index in [-0.39, 0.29) is 5.88 Å². The van der Waals surface area contributed by atoms with Crippen LogP contribution >= 0.6 is 34.7 Å². The predicted molar refractivity (Wildman–Crippen MR) is 113 cm³/mol. The van der Waals surface area contributed by atoms with Crippen molar-refractivity contribution >= 4 is 66.3 Å². The molecule has 0 fully saturated rings. The number of rotatable bonds is 5. The van der Waals surface area contributed by atoms with Crippen molar-refractivity contribution in [2.45, 2.75) is 16.5 Å². The van der Waals surface area contributed by atoms with E-state index in [2.05, 4.69) is 0 Å². The zero-order chi connectivity index (χ0) is 21.8. The third kappa shape index (κ3) is 4.42. The van der Waals surface area contributed by atoms with Crippen LogP contribution in [0.3, 0.4) is 0 Å². The number of thiophene rings is 1. The molecule has 30 heavy (non-hydrogen) atoms. The molecule has 9 nitrogen and oxygen atoms in total. The van der Waals surface area contributed by atoms with E-state index in [1.54, 1.807) is 13.0 Å². The second-order valence-electron chi connectivity index (χ2n) is 6.55. The van der Waals surface area contributed by atoms with Crippen molar-refractivity contribution in [2.24, 2.45) is 0 Å². The van der Waals surface area contributed by atoms with E-state index in [4.69, 9.17) is 16.3 Å². The fourth-order valence-electron chi connectivity index (χ4n) is 3.19. The first-order chi connectivity index (χ1) is 13.9. The van der Waals surface area contributed by atoms with Crippen LogP contribution < -0.4 is 14.5 Å². The molecule has 0 N–H and O–H groups in total. The molecular formula is C16H13ClN2O7S4-2. The molecule has 2 aliphatic rings. The molecule has 1 atom stereocenters. The van der Waals surface area contributed by atoms with Crippen molar-refractivity contribution in [3.63, 3.8) is 0 Å². The summed E-state index contributed by atoms with van der Waals surface area (Å²) in [6, 6.07) is 4.55. The lowest BCUT2D eigenvalue weighted by atomic mass is 10.3. The maximum absolute atomic E-state index is 11.5. The third-order valence-electron chi connectivity index (χ3n) is 4.29. The smallest absolute Gasteiger partial charge is 0.200 e. The van der Waals surface area contributed by atoms with Gasteiger partial charge in [-0.3, -0.25) is 4.90 Å². The van der Waals surface area contributed by atoms with Gasteiger partial charge < -0.3 is 18.7 Å². The molecule has 0 amide bonds. The maximum Gasteiger partial charge on any atom is 0.200 e. The monoisotopic (exact) mass is 508 g/mol. The Hall–Kier alpha value is -1.48. The first-order valence-corrected chi connectivity index (χ1v) is 13.6. The number of thioether (sulfide) groups is 1. The predicted octanol–water partition coefficient (Wildman–Crippen LogP) is 2.69. The van der Waals surface area contributed by atoms with Crippen LogP contribution in [0.2, 0.25) is 5.02 Å². The molecule has 0 aliphatic carbocycles. The molecule has 0 bridgehead atoms. The van der Waals surface area contributed by atoms with Crippen molar-refractivity contribution in [2.75, 3.05) is 21.6 Å².